The Bertz CT molecular complexity index is 953. The highest BCUT2D eigenvalue weighted by Gasteiger charge is 2.26. The van der Waals surface area contributed by atoms with Crippen LogP contribution in [0.25, 0.3) is 10.9 Å². The van der Waals surface area contributed by atoms with Crippen LogP contribution in [-0.4, -0.2) is 33.7 Å². The number of hydrogen-bond donors (Lipinski definition) is 2. The van der Waals surface area contributed by atoms with E-state index in [0.29, 0.717) is 27.8 Å². The van der Waals surface area contributed by atoms with Crippen molar-refractivity contribution < 1.29 is 9.53 Å². The number of carbonyl (C=O) groups is 1. The molecule has 138 valence electrons. The summed E-state index contributed by atoms with van der Waals surface area (Å²) in [5.74, 6) is -0.159. The minimum Gasteiger partial charge on any atom is -0.375 e. The van der Waals surface area contributed by atoms with Gasteiger partial charge in [-0.05, 0) is 57.1 Å². The van der Waals surface area contributed by atoms with Crippen molar-refractivity contribution in [2.45, 2.75) is 51.5 Å². The molecule has 1 amide bonds. The van der Waals surface area contributed by atoms with Gasteiger partial charge in [-0.2, -0.15) is 0 Å². The van der Waals surface area contributed by atoms with Crippen LogP contribution in [0, 0.1) is 4.77 Å². The monoisotopic (exact) mass is 373 g/mol. The first-order chi connectivity index (χ1) is 12.4. The first-order valence-corrected chi connectivity index (χ1v) is 9.14. The number of aromatic nitrogens is 2. The fraction of sp³-hybridized carbons (Fsp3) is 0.421. The van der Waals surface area contributed by atoms with E-state index in [1.807, 2.05) is 13.8 Å². The average Bonchev–Trinajstić information content (AvgIpc) is 2.57. The van der Waals surface area contributed by atoms with Gasteiger partial charge in [-0.3, -0.25) is 14.2 Å². The second kappa shape index (κ2) is 7.55. The lowest BCUT2D eigenvalue weighted by atomic mass is 9.99. The zero-order valence-electron chi connectivity index (χ0n) is 15.0. The topological polar surface area (TPSA) is 76.1 Å². The molecule has 0 spiro atoms. The normalized spacial score (nSPS) is 22.9. The molecule has 1 aliphatic rings. The van der Waals surface area contributed by atoms with E-state index in [1.54, 1.807) is 24.3 Å². The van der Waals surface area contributed by atoms with Gasteiger partial charge in [0, 0.05) is 18.2 Å². The number of allylic oxidation sites excluding steroid dienone is 1. The van der Waals surface area contributed by atoms with Crippen molar-refractivity contribution >= 4 is 29.0 Å². The minimum atomic E-state index is -0.192. The van der Waals surface area contributed by atoms with Crippen molar-refractivity contribution in [3.8, 4) is 0 Å². The lowest BCUT2D eigenvalue weighted by Gasteiger charge is -2.32. The summed E-state index contributed by atoms with van der Waals surface area (Å²) in [6, 6.07) is 5.08. The van der Waals surface area contributed by atoms with Crippen LogP contribution in [0.3, 0.4) is 0 Å². The van der Waals surface area contributed by atoms with E-state index >= 15 is 0 Å². The molecule has 1 saturated heterocycles. The van der Waals surface area contributed by atoms with Crippen molar-refractivity contribution in [3.05, 3.63) is 51.5 Å². The van der Waals surface area contributed by atoms with Crippen LogP contribution in [0.5, 0.6) is 0 Å². The van der Waals surface area contributed by atoms with E-state index in [-0.39, 0.29) is 29.7 Å². The second-order valence-electron chi connectivity index (χ2n) is 6.79. The highest BCUT2D eigenvalue weighted by atomic mass is 32.1. The molecule has 7 heteroatoms. The van der Waals surface area contributed by atoms with Crippen molar-refractivity contribution in [1.29, 1.82) is 0 Å². The van der Waals surface area contributed by atoms with Gasteiger partial charge in [0.2, 0.25) is 0 Å². The zero-order chi connectivity index (χ0) is 18.8. The summed E-state index contributed by atoms with van der Waals surface area (Å²) in [5, 5.41) is 3.56. The quantitative estimate of drug-likeness (QED) is 0.638. The first-order valence-electron chi connectivity index (χ1n) is 8.73. The first kappa shape index (κ1) is 18.5. The molecule has 1 aliphatic heterocycles. The number of rotatable bonds is 4. The third-order valence-corrected chi connectivity index (χ3v) is 4.91. The molecule has 2 heterocycles. The van der Waals surface area contributed by atoms with E-state index in [4.69, 9.17) is 17.0 Å². The molecule has 26 heavy (non-hydrogen) atoms. The Morgan fingerprint density at radius 2 is 2.12 bits per heavy atom. The molecule has 2 atom stereocenters. The number of carbonyl (C=O) groups excluding carboxylic acids is 1. The van der Waals surface area contributed by atoms with Gasteiger partial charge < -0.3 is 15.0 Å². The fourth-order valence-electron chi connectivity index (χ4n) is 3.48. The predicted octanol–water partition coefficient (Wildman–Crippen LogP) is 2.93. The Morgan fingerprint density at radius 1 is 1.42 bits per heavy atom. The Labute approximate surface area is 156 Å². The van der Waals surface area contributed by atoms with Gasteiger partial charge in [0.1, 0.15) is 0 Å². The SMILES string of the molecule is C=CCn1c(=S)[nH]c2cc(C(=O)NC3C[C@H](C)O[C@@H](C)C3)ccc2c1=O. The lowest BCUT2D eigenvalue weighted by Crippen LogP contribution is -2.43. The molecule has 2 N–H and O–H groups in total. The molecule has 0 radical (unpaired) electrons. The summed E-state index contributed by atoms with van der Waals surface area (Å²) in [5.41, 5.74) is 0.861. The van der Waals surface area contributed by atoms with Crippen LogP contribution in [0.15, 0.2) is 35.6 Å². The van der Waals surface area contributed by atoms with Gasteiger partial charge in [-0.25, -0.2) is 0 Å². The number of ether oxygens (including phenoxy) is 1. The van der Waals surface area contributed by atoms with Crippen LogP contribution >= 0.6 is 12.2 Å². The number of nitrogens with zero attached hydrogens (tertiary/aromatic N) is 1. The maximum Gasteiger partial charge on any atom is 0.262 e. The molecule has 1 aromatic heterocycles. The highest BCUT2D eigenvalue weighted by Crippen LogP contribution is 2.20. The number of nitrogens with one attached hydrogen (secondary N) is 2. The van der Waals surface area contributed by atoms with Crippen molar-refractivity contribution in [2.24, 2.45) is 0 Å². The van der Waals surface area contributed by atoms with E-state index in [0.717, 1.165) is 12.8 Å². The van der Waals surface area contributed by atoms with Crippen molar-refractivity contribution in [3.63, 3.8) is 0 Å². The third kappa shape index (κ3) is 3.78. The smallest absolute Gasteiger partial charge is 0.262 e. The summed E-state index contributed by atoms with van der Waals surface area (Å²) >= 11 is 5.24. The molecule has 3 rings (SSSR count). The van der Waals surface area contributed by atoms with Crippen LogP contribution in [0.4, 0.5) is 0 Å². The summed E-state index contributed by atoms with van der Waals surface area (Å²) < 4.78 is 7.46. The molecule has 6 nitrogen and oxygen atoms in total. The van der Waals surface area contributed by atoms with E-state index in [9.17, 15) is 9.59 Å². The summed E-state index contributed by atoms with van der Waals surface area (Å²) in [6.45, 7) is 8.01. The fourth-order valence-corrected chi connectivity index (χ4v) is 3.75. The van der Waals surface area contributed by atoms with Gasteiger partial charge in [0.25, 0.3) is 11.5 Å². The molecule has 0 bridgehead atoms. The Kier molecular flexibility index (Phi) is 5.38. The summed E-state index contributed by atoms with van der Waals surface area (Å²) in [4.78, 5) is 28.2. The van der Waals surface area contributed by atoms with Crippen LogP contribution < -0.4 is 10.9 Å². The minimum absolute atomic E-state index is 0.0797. The van der Waals surface area contributed by atoms with Crippen LogP contribution in [-0.2, 0) is 11.3 Å². The Morgan fingerprint density at radius 3 is 2.77 bits per heavy atom. The molecule has 0 saturated carbocycles. The Hall–Kier alpha value is -2.25. The van der Waals surface area contributed by atoms with Gasteiger partial charge in [-0.1, -0.05) is 6.08 Å². The molecule has 0 aliphatic carbocycles. The predicted molar refractivity (Wildman–Crippen MR) is 104 cm³/mol. The third-order valence-electron chi connectivity index (χ3n) is 4.59. The van der Waals surface area contributed by atoms with Crippen LogP contribution in [0.1, 0.15) is 37.0 Å². The number of amides is 1. The van der Waals surface area contributed by atoms with Crippen LogP contribution in [0.2, 0.25) is 0 Å². The molecule has 1 fully saturated rings. The molecule has 2 aromatic rings. The van der Waals surface area contributed by atoms with Gasteiger partial charge >= 0.3 is 0 Å². The zero-order valence-corrected chi connectivity index (χ0v) is 15.8. The number of aromatic amines is 1. The Balaban J connectivity index is 1.88. The van der Waals surface area contributed by atoms with Crippen molar-refractivity contribution in [1.82, 2.24) is 14.9 Å². The highest BCUT2D eigenvalue weighted by molar-refractivity contribution is 7.71. The largest absolute Gasteiger partial charge is 0.375 e. The van der Waals surface area contributed by atoms with Gasteiger partial charge in [0.15, 0.2) is 4.77 Å². The number of benzene rings is 1. The van der Waals surface area contributed by atoms with E-state index in [1.165, 1.54) is 4.57 Å². The molecular weight excluding hydrogens is 350 g/mol. The van der Waals surface area contributed by atoms with Crippen molar-refractivity contribution in [2.75, 3.05) is 0 Å². The maximum absolute atomic E-state index is 12.6. The maximum atomic E-state index is 12.6. The van der Waals surface area contributed by atoms with E-state index < -0.39 is 0 Å². The number of hydrogen-bond acceptors (Lipinski definition) is 4. The standard InChI is InChI=1S/C19H23N3O3S/c1-4-7-22-18(24)15-6-5-13(10-16(15)21-19(22)26)17(23)20-14-8-11(2)25-12(3)9-14/h4-6,10-12,14H,1,7-9H2,2-3H3,(H,20,23)(H,21,26)/t11-,12-/m0/s1. The second-order valence-corrected chi connectivity index (χ2v) is 7.18. The van der Waals surface area contributed by atoms with Gasteiger partial charge in [-0.15, -0.1) is 6.58 Å². The molecule has 0 unspecified atom stereocenters. The number of fused-ring (bicyclic) bond motifs is 1. The molecule has 1 aromatic carbocycles. The van der Waals surface area contributed by atoms with E-state index in [2.05, 4.69) is 16.9 Å². The molecular formula is C19H23N3O3S. The lowest BCUT2D eigenvalue weighted by molar-refractivity contribution is -0.0408. The van der Waals surface area contributed by atoms with Gasteiger partial charge in [0.05, 0.1) is 23.1 Å². The summed E-state index contributed by atoms with van der Waals surface area (Å²) in [7, 11) is 0. The average molecular weight is 373 g/mol. The summed E-state index contributed by atoms with van der Waals surface area (Å²) in [6.07, 6.45) is 3.45. The number of H-pyrrole nitrogens is 1.